The van der Waals surface area contributed by atoms with Crippen molar-refractivity contribution in [3.63, 3.8) is 0 Å². The standard InChI is InChI=1S/C30H43NO3/c1-30-17-16-25-24-14-12-23(34-2)18-20(24)10-13-26(25)29(30)21(19-27(30)32)11-15-28(33)31-22-8-6-4-3-5-7-9-22/h12,14,18,21-22,25-26,29H,3-11,13,15-17,19H2,1-2H3,(H,31,33)/t21-,25-,26-,29+,30?/m1/s1. The van der Waals surface area contributed by atoms with Crippen LogP contribution in [0, 0.1) is 23.2 Å². The summed E-state index contributed by atoms with van der Waals surface area (Å²) in [7, 11) is 1.74. The first-order valence-electron chi connectivity index (χ1n) is 14.0. The predicted molar refractivity (Wildman–Crippen MR) is 135 cm³/mol. The van der Waals surface area contributed by atoms with Crippen LogP contribution in [-0.4, -0.2) is 24.8 Å². The maximum Gasteiger partial charge on any atom is 0.220 e. The fourth-order valence-electron chi connectivity index (χ4n) is 8.23. The smallest absolute Gasteiger partial charge is 0.220 e. The van der Waals surface area contributed by atoms with Gasteiger partial charge in [-0.05, 0) is 91.9 Å². The van der Waals surface area contributed by atoms with Gasteiger partial charge in [0.1, 0.15) is 11.5 Å². The molecule has 3 saturated carbocycles. The van der Waals surface area contributed by atoms with Gasteiger partial charge >= 0.3 is 0 Å². The number of benzene rings is 1. The Labute approximate surface area is 205 Å². The number of hydrogen-bond donors (Lipinski definition) is 1. The van der Waals surface area contributed by atoms with Crippen LogP contribution in [0.3, 0.4) is 0 Å². The molecule has 4 aliphatic rings. The molecule has 34 heavy (non-hydrogen) atoms. The molecule has 1 aromatic carbocycles. The van der Waals surface area contributed by atoms with Crippen LogP contribution >= 0.6 is 0 Å². The van der Waals surface area contributed by atoms with Crippen molar-refractivity contribution < 1.29 is 14.3 Å². The van der Waals surface area contributed by atoms with Crippen molar-refractivity contribution in [3.05, 3.63) is 29.3 Å². The lowest BCUT2D eigenvalue weighted by atomic mass is 9.54. The molecule has 0 spiro atoms. The van der Waals surface area contributed by atoms with Crippen LogP contribution in [-0.2, 0) is 16.0 Å². The van der Waals surface area contributed by atoms with E-state index in [2.05, 4.69) is 30.4 Å². The van der Waals surface area contributed by atoms with Crippen LogP contribution < -0.4 is 10.1 Å². The van der Waals surface area contributed by atoms with E-state index in [0.717, 1.165) is 50.7 Å². The molecule has 0 radical (unpaired) electrons. The number of hydrogen-bond acceptors (Lipinski definition) is 3. The summed E-state index contributed by atoms with van der Waals surface area (Å²) >= 11 is 0. The Morgan fingerprint density at radius 2 is 1.85 bits per heavy atom. The minimum atomic E-state index is -0.189. The molecule has 3 fully saturated rings. The van der Waals surface area contributed by atoms with Gasteiger partial charge in [-0.3, -0.25) is 9.59 Å². The van der Waals surface area contributed by atoms with Crippen LogP contribution in [0.2, 0.25) is 0 Å². The fraction of sp³-hybridized carbons (Fsp3) is 0.733. The van der Waals surface area contributed by atoms with Crippen molar-refractivity contribution in [2.75, 3.05) is 7.11 Å². The first kappa shape index (κ1) is 23.9. The predicted octanol–water partition coefficient (Wildman–Crippen LogP) is 6.36. The second-order valence-corrected chi connectivity index (χ2v) is 11.9. The second kappa shape index (κ2) is 10.0. The highest BCUT2D eigenvalue weighted by atomic mass is 16.5. The highest BCUT2D eigenvalue weighted by Crippen LogP contribution is 2.62. The maximum atomic E-state index is 13.3. The van der Waals surface area contributed by atoms with Gasteiger partial charge in [0.25, 0.3) is 0 Å². The average Bonchev–Trinajstić information content (AvgIpc) is 3.08. The van der Waals surface area contributed by atoms with Gasteiger partial charge in [0.15, 0.2) is 0 Å². The minimum Gasteiger partial charge on any atom is -0.497 e. The van der Waals surface area contributed by atoms with Crippen molar-refractivity contribution in [2.24, 2.45) is 23.2 Å². The Bertz CT molecular complexity index is 902. The van der Waals surface area contributed by atoms with Gasteiger partial charge in [-0.2, -0.15) is 0 Å². The summed E-state index contributed by atoms with van der Waals surface area (Å²) in [4.78, 5) is 26.1. The molecule has 1 amide bonds. The van der Waals surface area contributed by atoms with E-state index >= 15 is 0 Å². The number of Topliss-reactive ketones (excluding diaryl/α,β-unsaturated/α-hetero) is 1. The van der Waals surface area contributed by atoms with E-state index in [1.165, 1.54) is 43.2 Å². The van der Waals surface area contributed by atoms with Gasteiger partial charge in [0.05, 0.1) is 7.11 Å². The number of carbonyl (C=O) groups excluding carboxylic acids is 2. The number of fused-ring (bicyclic) bond motifs is 5. The van der Waals surface area contributed by atoms with E-state index < -0.39 is 0 Å². The second-order valence-electron chi connectivity index (χ2n) is 11.9. The Morgan fingerprint density at radius 3 is 2.62 bits per heavy atom. The zero-order valence-corrected chi connectivity index (χ0v) is 21.2. The third-order valence-electron chi connectivity index (χ3n) is 9.99. The summed E-state index contributed by atoms with van der Waals surface area (Å²) in [6.45, 7) is 2.24. The van der Waals surface area contributed by atoms with Crippen molar-refractivity contribution in [1.29, 1.82) is 0 Å². The fourth-order valence-corrected chi connectivity index (χ4v) is 8.23. The highest BCUT2D eigenvalue weighted by Gasteiger charge is 2.58. The van der Waals surface area contributed by atoms with Crippen molar-refractivity contribution in [2.45, 2.75) is 109 Å². The summed E-state index contributed by atoms with van der Waals surface area (Å²) in [5.74, 6) is 3.50. The van der Waals surface area contributed by atoms with E-state index in [9.17, 15) is 9.59 Å². The molecule has 186 valence electrons. The Hall–Kier alpha value is -1.84. The lowest BCUT2D eigenvalue weighted by molar-refractivity contribution is -0.129. The zero-order chi connectivity index (χ0) is 23.7. The largest absolute Gasteiger partial charge is 0.497 e. The van der Waals surface area contributed by atoms with E-state index in [0.29, 0.717) is 48.3 Å². The quantitative estimate of drug-likeness (QED) is 0.551. The molecule has 4 heteroatoms. The van der Waals surface area contributed by atoms with Gasteiger partial charge in [-0.15, -0.1) is 0 Å². The molecular formula is C30H43NO3. The van der Waals surface area contributed by atoms with Crippen LogP contribution in [0.4, 0.5) is 0 Å². The number of aryl methyl sites for hydroxylation is 1. The van der Waals surface area contributed by atoms with E-state index in [-0.39, 0.29) is 11.3 Å². The molecule has 1 aromatic rings. The van der Waals surface area contributed by atoms with Gasteiger partial charge in [-0.1, -0.05) is 45.1 Å². The van der Waals surface area contributed by atoms with Gasteiger partial charge in [0.2, 0.25) is 5.91 Å². The van der Waals surface area contributed by atoms with Crippen molar-refractivity contribution in [3.8, 4) is 5.75 Å². The van der Waals surface area contributed by atoms with Gasteiger partial charge < -0.3 is 10.1 Å². The van der Waals surface area contributed by atoms with Crippen molar-refractivity contribution >= 4 is 11.7 Å². The Balaban J connectivity index is 1.26. The molecule has 4 nitrogen and oxygen atoms in total. The van der Waals surface area contributed by atoms with Crippen LogP contribution in [0.5, 0.6) is 5.75 Å². The Kier molecular flexibility index (Phi) is 7.04. The van der Waals surface area contributed by atoms with E-state index in [1.807, 2.05) is 0 Å². The molecular weight excluding hydrogens is 422 g/mol. The SMILES string of the molecule is COc1ccc2c(c1)CC[C@H]1[C@@H]3[C@H](CCC(=O)NC4CCCCCCC4)CC(=O)C3(C)CC[C@H]21. The average molecular weight is 466 g/mol. The van der Waals surface area contributed by atoms with Crippen LogP contribution in [0.15, 0.2) is 18.2 Å². The molecule has 0 bridgehead atoms. The molecule has 4 aliphatic carbocycles. The number of nitrogens with one attached hydrogen (secondary N) is 1. The summed E-state index contributed by atoms with van der Waals surface area (Å²) in [5.41, 5.74) is 2.73. The third kappa shape index (κ3) is 4.54. The van der Waals surface area contributed by atoms with Crippen LogP contribution in [0.25, 0.3) is 0 Å². The molecule has 0 heterocycles. The minimum absolute atomic E-state index is 0.189. The maximum absolute atomic E-state index is 13.3. The molecule has 0 aliphatic heterocycles. The number of carbonyl (C=O) groups is 2. The van der Waals surface area contributed by atoms with E-state index in [4.69, 9.17) is 4.74 Å². The molecule has 0 saturated heterocycles. The van der Waals surface area contributed by atoms with Crippen molar-refractivity contribution in [1.82, 2.24) is 5.32 Å². The third-order valence-corrected chi connectivity index (χ3v) is 9.99. The molecule has 5 atom stereocenters. The molecule has 0 aromatic heterocycles. The number of rotatable bonds is 5. The number of ketones is 1. The lowest BCUT2D eigenvalue weighted by Crippen LogP contribution is -2.44. The first-order valence-corrected chi connectivity index (χ1v) is 14.0. The lowest BCUT2D eigenvalue weighted by Gasteiger charge is -2.50. The molecule has 5 rings (SSSR count). The van der Waals surface area contributed by atoms with Gasteiger partial charge in [-0.25, -0.2) is 0 Å². The molecule has 1 unspecified atom stereocenters. The first-order chi connectivity index (χ1) is 16.5. The van der Waals surface area contributed by atoms with Crippen LogP contribution in [0.1, 0.15) is 107 Å². The summed E-state index contributed by atoms with van der Waals surface area (Å²) in [6, 6.07) is 6.96. The van der Waals surface area contributed by atoms with E-state index in [1.54, 1.807) is 7.11 Å². The number of ether oxygens (including phenoxy) is 1. The van der Waals surface area contributed by atoms with Gasteiger partial charge in [0, 0.05) is 24.3 Å². The summed E-state index contributed by atoms with van der Waals surface area (Å²) in [5, 5.41) is 3.35. The summed E-state index contributed by atoms with van der Waals surface area (Å²) < 4.78 is 5.47. The zero-order valence-electron chi connectivity index (χ0n) is 21.2. The monoisotopic (exact) mass is 465 g/mol. The normalized spacial score (nSPS) is 33.8. The topological polar surface area (TPSA) is 55.4 Å². The molecule has 1 N–H and O–H groups in total. The number of amides is 1. The summed E-state index contributed by atoms with van der Waals surface area (Å²) in [6.07, 6.45) is 15.1. The highest BCUT2D eigenvalue weighted by molar-refractivity contribution is 5.88. The number of methoxy groups -OCH3 is 1. The Morgan fingerprint density at radius 1 is 1.09 bits per heavy atom.